The van der Waals surface area contributed by atoms with Crippen LogP contribution in [0.3, 0.4) is 0 Å². The van der Waals surface area contributed by atoms with Crippen LogP contribution in [0.2, 0.25) is 0 Å². The molecule has 0 aliphatic carbocycles. The predicted octanol–water partition coefficient (Wildman–Crippen LogP) is 1.69. The predicted molar refractivity (Wildman–Crippen MR) is 55.6 cm³/mol. The first-order valence-electron chi connectivity index (χ1n) is 5.27. The number of rotatable bonds is 1. The number of likely N-dealkylation sites (tertiary alicyclic amines) is 2. The summed E-state index contributed by atoms with van der Waals surface area (Å²) in [5.74, 6) is 0. The monoisotopic (exact) mass is 180 g/mol. The minimum Gasteiger partial charge on any atom is -0.374 e. The lowest BCUT2D eigenvalue weighted by molar-refractivity contribution is 0.196. The Bertz CT molecular complexity index is 222. The maximum Gasteiger partial charge on any atom is 0.0455 e. The summed E-state index contributed by atoms with van der Waals surface area (Å²) in [5.41, 5.74) is 1.32. The molecular formula is C11H20N2. The average Bonchev–Trinajstić information content (AvgIpc) is 2.55. The maximum atomic E-state index is 4.11. The molecule has 0 amide bonds. The van der Waals surface area contributed by atoms with Crippen LogP contribution >= 0.6 is 0 Å². The van der Waals surface area contributed by atoms with Crippen molar-refractivity contribution < 1.29 is 0 Å². The van der Waals surface area contributed by atoms with E-state index in [0.29, 0.717) is 6.04 Å². The zero-order chi connectivity index (χ0) is 9.59. The van der Waals surface area contributed by atoms with Crippen molar-refractivity contribution in [3.63, 3.8) is 0 Å². The van der Waals surface area contributed by atoms with E-state index in [-0.39, 0.29) is 0 Å². The second kappa shape index (κ2) is 3.02. The minimum atomic E-state index is 0.689. The van der Waals surface area contributed by atoms with Crippen LogP contribution in [0.5, 0.6) is 0 Å². The van der Waals surface area contributed by atoms with Crippen molar-refractivity contribution in [1.82, 2.24) is 9.80 Å². The summed E-state index contributed by atoms with van der Waals surface area (Å²) in [5, 5.41) is 0. The Morgan fingerprint density at radius 1 is 1.38 bits per heavy atom. The van der Waals surface area contributed by atoms with E-state index in [4.69, 9.17) is 0 Å². The summed E-state index contributed by atoms with van der Waals surface area (Å²) in [6.07, 6.45) is 2.50. The molecule has 74 valence electrons. The van der Waals surface area contributed by atoms with Crippen LogP contribution in [0.1, 0.15) is 26.7 Å². The zero-order valence-electron chi connectivity index (χ0n) is 8.95. The third-order valence-electron chi connectivity index (χ3n) is 3.66. The van der Waals surface area contributed by atoms with E-state index >= 15 is 0 Å². The molecule has 2 heteroatoms. The standard InChI is InChI=1S/C11H20N2/c1-8(2)13-6-5-10-11(13)7-9(3)12(10)4/h8,10-11H,3,5-7H2,1-2,4H3. The average molecular weight is 180 g/mol. The number of nitrogens with zero attached hydrogens (tertiary/aromatic N) is 2. The fourth-order valence-corrected chi connectivity index (χ4v) is 2.83. The van der Waals surface area contributed by atoms with Crippen LogP contribution in [-0.4, -0.2) is 41.5 Å². The lowest BCUT2D eigenvalue weighted by Gasteiger charge is -2.27. The molecule has 0 bridgehead atoms. The molecule has 13 heavy (non-hydrogen) atoms. The number of hydrogen-bond acceptors (Lipinski definition) is 2. The van der Waals surface area contributed by atoms with Gasteiger partial charge in [-0.15, -0.1) is 0 Å². The van der Waals surface area contributed by atoms with E-state index in [9.17, 15) is 0 Å². The quantitative estimate of drug-likeness (QED) is 0.606. The van der Waals surface area contributed by atoms with Crippen molar-refractivity contribution in [2.45, 2.75) is 44.8 Å². The van der Waals surface area contributed by atoms with Crippen molar-refractivity contribution >= 4 is 0 Å². The Kier molecular flexibility index (Phi) is 2.11. The highest BCUT2D eigenvalue weighted by Gasteiger charge is 2.42. The van der Waals surface area contributed by atoms with E-state index in [1.807, 2.05) is 0 Å². The summed E-state index contributed by atoms with van der Waals surface area (Å²) >= 11 is 0. The van der Waals surface area contributed by atoms with Crippen LogP contribution in [-0.2, 0) is 0 Å². The van der Waals surface area contributed by atoms with Crippen molar-refractivity contribution in [3.05, 3.63) is 12.3 Å². The van der Waals surface area contributed by atoms with E-state index in [1.54, 1.807) is 0 Å². The lowest BCUT2D eigenvalue weighted by atomic mass is 10.1. The van der Waals surface area contributed by atoms with E-state index in [1.165, 1.54) is 25.1 Å². The van der Waals surface area contributed by atoms with Crippen molar-refractivity contribution in [2.75, 3.05) is 13.6 Å². The van der Waals surface area contributed by atoms with Crippen molar-refractivity contribution in [1.29, 1.82) is 0 Å². The number of fused-ring (bicyclic) bond motifs is 1. The van der Waals surface area contributed by atoms with Crippen LogP contribution in [0, 0.1) is 0 Å². The van der Waals surface area contributed by atoms with Gasteiger partial charge in [0.25, 0.3) is 0 Å². The van der Waals surface area contributed by atoms with Gasteiger partial charge in [-0.1, -0.05) is 6.58 Å². The molecule has 0 aromatic rings. The second-order valence-electron chi connectivity index (χ2n) is 4.64. The summed E-state index contributed by atoms with van der Waals surface area (Å²) in [4.78, 5) is 5.01. The molecule has 0 saturated carbocycles. The maximum absolute atomic E-state index is 4.11. The highest BCUT2D eigenvalue weighted by molar-refractivity contribution is 5.13. The van der Waals surface area contributed by atoms with Gasteiger partial charge in [0, 0.05) is 43.8 Å². The fourth-order valence-electron chi connectivity index (χ4n) is 2.83. The number of likely N-dealkylation sites (N-methyl/N-ethyl adjacent to an activating group) is 1. The van der Waals surface area contributed by atoms with Crippen LogP contribution < -0.4 is 0 Å². The third-order valence-corrected chi connectivity index (χ3v) is 3.66. The molecule has 2 aliphatic heterocycles. The highest BCUT2D eigenvalue weighted by atomic mass is 15.3. The molecule has 0 N–H and O–H groups in total. The molecular weight excluding hydrogens is 160 g/mol. The molecule has 0 radical (unpaired) electrons. The van der Waals surface area contributed by atoms with E-state index in [0.717, 1.165) is 12.1 Å². The largest absolute Gasteiger partial charge is 0.374 e. The fraction of sp³-hybridized carbons (Fsp3) is 0.818. The molecule has 2 unspecified atom stereocenters. The van der Waals surface area contributed by atoms with Gasteiger partial charge in [-0.2, -0.15) is 0 Å². The molecule has 2 heterocycles. The van der Waals surface area contributed by atoms with Gasteiger partial charge in [0.15, 0.2) is 0 Å². The zero-order valence-corrected chi connectivity index (χ0v) is 8.95. The molecule has 0 aromatic carbocycles. The molecule has 2 fully saturated rings. The van der Waals surface area contributed by atoms with Crippen LogP contribution in [0.15, 0.2) is 12.3 Å². The minimum absolute atomic E-state index is 0.689. The Labute approximate surface area is 81.2 Å². The Morgan fingerprint density at radius 2 is 2.08 bits per heavy atom. The van der Waals surface area contributed by atoms with Gasteiger partial charge in [0.1, 0.15) is 0 Å². The van der Waals surface area contributed by atoms with E-state index < -0.39 is 0 Å². The second-order valence-corrected chi connectivity index (χ2v) is 4.64. The summed E-state index contributed by atoms with van der Waals surface area (Å²) < 4.78 is 0. The Balaban J connectivity index is 2.13. The smallest absolute Gasteiger partial charge is 0.0455 e. The molecule has 2 nitrogen and oxygen atoms in total. The molecule has 2 saturated heterocycles. The Hall–Kier alpha value is -0.500. The first kappa shape index (κ1) is 9.07. The topological polar surface area (TPSA) is 6.48 Å². The molecule has 2 rings (SSSR count). The van der Waals surface area contributed by atoms with Gasteiger partial charge in [-0.3, -0.25) is 4.90 Å². The van der Waals surface area contributed by atoms with Gasteiger partial charge >= 0.3 is 0 Å². The van der Waals surface area contributed by atoms with Gasteiger partial charge in [0.2, 0.25) is 0 Å². The Morgan fingerprint density at radius 3 is 2.69 bits per heavy atom. The number of hydrogen-bond donors (Lipinski definition) is 0. The summed E-state index contributed by atoms with van der Waals surface area (Å²) in [6, 6.07) is 2.18. The molecule has 0 aromatic heterocycles. The highest BCUT2D eigenvalue weighted by Crippen LogP contribution is 2.36. The summed E-state index contributed by atoms with van der Waals surface area (Å²) in [6.45, 7) is 9.97. The van der Waals surface area contributed by atoms with Gasteiger partial charge in [-0.25, -0.2) is 0 Å². The normalized spacial score (nSPS) is 34.8. The molecule has 0 spiro atoms. The van der Waals surface area contributed by atoms with Gasteiger partial charge < -0.3 is 4.90 Å². The van der Waals surface area contributed by atoms with Crippen LogP contribution in [0.25, 0.3) is 0 Å². The lowest BCUT2D eigenvalue weighted by Crippen LogP contribution is -2.38. The van der Waals surface area contributed by atoms with Crippen molar-refractivity contribution in [2.24, 2.45) is 0 Å². The third kappa shape index (κ3) is 1.28. The van der Waals surface area contributed by atoms with Gasteiger partial charge in [-0.05, 0) is 20.3 Å². The van der Waals surface area contributed by atoms with Gasteiger partial charge in [0.05, 0.1) is 0 Å². The SMILES string of the molecule is C=C1CC2C(CCN2C(C)C)N1C. The molecule has 2 atom stereocenters. The van der Waals surface area contributed by atoms with E-state index in [2.05, 4.69) is 37.3 Å². The summed E-state index contributed by atoms with van der Waals surface area (Å²) in [7, 11) is 2.19. The first-order valence-corrected chi connectivity index (χ1v) is 5.27. The van der Waals surface area contributed by atoms with Crippen LogP contribution in [0.4, 0.5) is 0 Å². The molecule has 2 aliphatic rings. The first-order chi connectivity index (χ1) is 6.11. The van der Waals surface area contributed by atoms with Crippen molar-refractivity contribution in [3.8, 4) is 0 Å².